The number of carbonyl (C=O) groups is 2. The molecule has 3 aromatic rings. The number of aliphatic hydroxyl groups is 1. The first kappa shape index (κ1) is 22.3. The predicted molar refractivity (Wildman–Crippen MR) is 119 cm³/mol. The summed E-state index contributed by atoms with van der Waals surface area (Å²) in [6, 6.07) is 10.3. The molecule has 0 spiro atoms. The number of amides is 2. The van der Waals surface area contributed by atoms with E-state index in [1.165, 1.54) is 11.8 Å². The van der Waals surface area contributed by atoms with Crippen molar-refractivity contribution < 1.29 is 19.8 Å². The van der Waals surface area contributed by atoms with Crippen molar-refractivity contribution in [2.45, 2.75) is 24.6 Å². The zero-order valence-corrected chi connectivity index (χ0v) is 17.9. The average Bonchev–Trinajstić information content (AvgIpc) is 2.76. The van der Waals surface area contributed by atoms with Gasteiger partial charge in [0.05, 0.1) is 5.56 Å². The van der Waals surface area contributed by atoms with Crippen molar-refractivity contribution in [2.75, 3.05) is 17.2 Å². The van der Waals surface area contributed by atoms with Gasteiger partial charge in [-0.2, -0.15) is 0 Å². The van der Waals surface area contributed by atoms with Crippen molar-refractivity contribution in [1.82, 2.24) is 9.97 Å². The number of benzene rings is 1. The third-order valence-corrected chi connectivity index (χ3v) is 5.45. The van der Waals surface area contributed by atoms with Crippen LogP contribution in [0.25, 0.3) is 0 Å². The number of nitrogens with zero attached hydrogens (tertiary/aromatic N) is 2. The summed E-state index contributed by atoms with van der Waals surface area (Å²) in [5.74, 6) is 0.210. The molecular formula is C22H22N4O4S. The van der Waals surface area contributed by atoms with Crippen LogP contribution in [0.2, 0.25) is 0 Å². The van der Waals surface area contributed by atoms with Crippen LogP contribution >= 0.6 is 11.8 Å². The highest BCUT2D eigenvalue weighted by Crippen LogP contribution is 2.28. The van der Waals surface area contributed by atoms with Crippen molar-refractivity contribution in [3.8, 4) is 5.75 Å². The number of aromatic nitrogens is 2. The van der Waals surface area contributed by atoms with Gasteiger partial charge in [0.25, 0.3) is 11.8 Å². The van der Waals surface area contributed by atoms with Gasteiger partial charge < -0.3 is 20.8 Å². The van der Waals surface area contributed by atoms with Crippen LogP contribution in [-0.2, 0) is 10.5 Å². The summed E-state index contributed by atoms with van der Waals surface area (Å²) < 4.78 is 0. The molecule has 2 aromatic heterocycles. The van der Waals surface area contributed by atoms with Gasteiger partial charge >= 0.3 is 0 Å². The number of aliphatic hydroxyl groups excluding tert-OH is 1. The van der Waals surface area contributed by atoms with Crippen LogP contribution in [0.1, 0.15) is 27.0 Å². The van der Waals surface area contributed by atoms with E-state index in [9.17, 15) is 14.7 Å². The van der Waals surface area contributed by atoms with Gasteiger partial charge in [0.2, 0.25) is 0 Å². The van der Waals surface area contributed by atoms with Gasteiger partial charge in [-0.3, -0.25) is 9.59 Å². The van der Waals surface area contributed by atoms with E-state index in [0.29, 0.717) is 39.0 Å². The second kappa shape index (κ2) is 10.1. The predicted octanol–water partition coefficient (Wildman–Crippen LogP) is 3.27. The highest BCUT2D eigenvalue weighted by atomic mass is 32.2. The largest absolute Gasteiger partial charge is 0.507 e. The number of aryl methyl sites for hydroxylation is 2. The van der Waals surface area contributed by atoms with Crippen LogP contribution < -0.4 is 10.6 Å². The smallest absolute Gasteiger partial charge is 0.258 e. The molecule has 0 aliphatic rings. The molecule has 0 saturated carbocycles. The summed E-state index contributed by atoms with van der Waals surface area (Å²) in [5, 5.41) is 24.7. The molecule has 2 amide bonds. The number of anilines is 2. The normalized spacial score (nSPS) is 10.5. The number of hydrogen-bond acceptors (Lipinski definition) is 7. The molecular weight excluding hydrogens is 416 g/mol. The minimum absolute atomic E-state index is 0.211. The Morgan fingerprint density at radius 1 is 1.03 bits per heavy atom. The zero-order chi connectivity index (χ0) is 22.4. The van der Waals surface area contributed by atoms with E-state index >= 15 is 0 Å². The molecule has 8 nitrogen and oxygen atoms in total. The molecule has 0 aliphatic heterocycles. The van der Waals surface area contributed by atoms with E-state index in [1.807, 2.05) is 0 Å². The van der Waals surface area contributed by atoms with Gasteiger partial charge in [0, 0.05) is 23.8 Å². The first-order valence-corrected chi connectivity index (χ1v) is 10.4. The standard InChI is InChI=1S/C22H22N4O4S/c1-13-8-16(9-14(2)20(13)29)25-21(30)17-4-3-6-24-22(17)31-12-15-5-7-23-18(10-15)26-19(28)11-27/h3-10,27,29H,11-12H2,1-2H3,(H,25,30)(H,23,26,28). The van der Waals surface area contributed by atoms with Gasteiger partial charge in [-0.25, -0.2) is 9.97 Å². The van der Waals surface area contributed by atoms with E-state index in [2.05, 4.69) is 20.6 Å². The lowest BCUT2D eigenvalue weighted by Gasteiger charge is -2.12. The molecule has 0 radical (unpaired) electrons. The number of carbonyl (C=O) groups excluding carboxylic acids is 2. The Morgan fingerprint density at radius 2 is 1.77 bits per heavy atom. The maximum atomic E-state index is 12.9. The van der Waals surface area contributed by atoms with E-state index in [1.54, 1.807) is 62.6 Å². The number of phenols is 1. The first-order chi connectivity index (χ1) is 14.9. The first-order valence-electron chi connectivity index (χ1n) is 9.42. The SMILES string of the molecule is Cc1cc(NC(=O)c2cccnc2SCc2ccnc(NC(=O)CO)c2)cc(C)c1O. The quantitative estimate of drug-likeness (QED) is 0.330. The van der Waals surface area contributed by atoms with Gasteiger partial charge in [-0.05, 0) is 66.9 Å². The molecule has 0 saturated heterocycles. The third-order valence-electron chi connectivity index (χ3n) is 4.38. The summed E-state index contributed by atoms with van der Waals surface area (Å²) in [5.41, 5.74) is 3.25. The Labute approximate surface area is 183 Å². The second-order valence-electron chi connectivity index (χ2n) is 6.81. The van der Waals surface area contributed by atoms with E-state index in [0.717, 1.165) is 5.56 Å². The van der Waals surface area contributed by atoms with Gasteiger partial charge in [0.1, 0.15) is 23.2 Å². The Balaban J connectivity index is 1.73. The van der Waals surface area contributed by atoms with Crippen molar-refractivity contribution >= 4 is 35.1 Å². The van der Waals surface area contributed by atoms with Crippen LogP contribution in [0.15, 0.2) is 53.8 Å². The number of nitrogens with one attached hydrogen (secondary N) is 2. The highest BCUT2D eigenvalue weighted by Gasteiger charge is 2.15. The second-order valence-corrected chi connectivity index (χ2v) is 7.78. The van der Waals surface area contributed by atoms with Crippen molar-refractivity contribution in [3.05, 3.63) is 71.0 Å². The van der Waals surface area contributed by atoms with Crippen LogP contribution in [0.3, 0.4) is 0 Å². The van der Waals surface area contributed by atoms with E-state index in [-0.39, 0.29) is 11.7 Å². The molecule has 0 aliphatic carbocycles. The molecule has 0 unspecified atom stereocenters. The molecule has 2 heterocycles. The molecule has 4 N–H and O–H groups in total. The van der Waals surface area contributed by atoms with Gasteiger partial charge in [-0.15, -0.1) is 11.8 Å². The summed E-state index contributed by atoms with van der Waals surface area (Å²) in [4.78, 5) is 32.6. The average molecular weight is 439 g/mol. The monoisotopic (exact) mass is 438 g/mol. The molecule has 3 rings (SSSR count). The highest BCUT2D eigenvalue weighted by molar-refractivity contribution is 7.98. The van der Waals surface area contributed by atoms with Crippen LogP contribution in [0.5, 0.6) is 5.75 Å². The number of rotatable bonds is 7. The molecule has 9 heteroatoms. The van der Waals surface area contributed by atoms with Crippen molar-refractivity contribution in [2.24, 2.45) is 0 Å². The van der Waals surface area contributed by atoms with Gasteiger partial charge in [-0.1, -0.05) is 0 Å². The lowest BCUT2D eigenvalue weighted by Crippen LogP contribution is -2.16. The van der Waals surface area contributed by atoms with E-state index in [4.69, 9.17) is 5.11 Å². The maximum absolute atomic E-state index is 12.9. The summed E-state index contributed by atoms with van der Waals surface area (Å²) in [7, 11) is 0. The summed E-state index contributed by atoms with van der Waals surface area (Å²) in [6.07, 6.45) is 3.18. The minimum Gasteiger partial charge on any atom is -0.507 e. The third kappa shape index (κ3) is 5.80. The summed E-state index contributed by atoms with van der Waals surface area (Å²) in [6.45, 7) is 2.93. The van der Waals surface area contributed by atoms with Crippen molar-refractivity contribution in [1.29, 1.82) is 0 Å². The number of hydrogen-bond donors (Lipinski definition) is 4. The number of phenolic OH excluding ortho intramolecular Hbond substituents is 1. The minimum atomic E-state index is -0.618. The Morgan fingerprint density at radius 3 is 2.48 bits per heavy atom. The molecule has 0 fully saturated rings. The lowest BCUT2D eigenvalue weighted by atomic mass is 10.1. The fourth-order valence-electron chi connectivity index (χ4n) is 2.87. The molecule has 1 aromatic carbocycles. The molecule has 0 atom stereocenters. The van der Waals surface area contributed by atoms with E-state index < -0.39 is 12.5 Å². The van der Waals surface area contributed by atoms with Crippen LogP contribution in [-0.4, -0.2) is 38.6 Å². The van der Waals surface area contributed by atoms with Crippen LogP contribution in [0.4, 0.5) is 11.5 Å². The topological polar surface area (TPSA) is 124 Å². The molecule has 160 valence electrons. The Bertz CT molecular complexity index is 1100. The zero-order valence-electron chi connectivity index (χ0n) is 17.0. The number of aromatic hydroxyl groups is 1. The maximum Gasteiger partial charge on any atom is 0.258 e. The Kier molecular flexibility index (Phi) is 7.22. The number of thioether (sulfide) groups is 1. The molecule has 0 bridgehead atoms. The number of pyridine rings is 2. The van der Waals surface area contributed by atoms with Crippen molar-refractivity contribution in [3.63, 3.8) is 0 Å². The van der Waals surface area contributed by atoms with Gasteiger partial charge in [0.15, 0.2) is 0 Å². The summed E-state index contributed by atoms with van der Waals surface area (Å²) >= 11 is 1.38. The lowest BCUT2D eigenvalue weighted by molar-refractivity contribution is -0.118. The Hall–Kier alpha value is -3.43. The molecule has 31 heavy (non-hydrogen) atoms. The fraction of sp³-hybridized carbons (Fsp3) is 0.182. The fourth-order valence-corrected chi connectivity index (χ4v) is 3.81. The van der Waals surface area contributed by atoms with Crippen LogP contribution in [0, 0.1) is 13.8 Å².